The Morgan fingerprint density at radius 2 is 1.94 bits per heavy atom. The van der Waals surface area contributed by atoms with Crippen LogP contribution in [0.15, 0.2) is 60.9 Å². The minimum Gasteiger partial charge on any atom is -0.465 e. The number of ether oxygens (including phenoxy) is 1. The minimum absolute atomic E-state index is 0.197. The average Bonchev–Trinajstić information content (AvgIpc) is 2.83. The largest absolute Gasteiger partial charge is 0.465 e. The Bertz CT molecular complexity index is 1100. The molecule has 2 aromatic carbocycles. The van der Waals surface area contributed by atoms with Crippen LogP contribution in [0.25, 0.3) is 0 Å². The van der Waals surface area contributed by atoms with Gasteiger partial charge in [-0.25, -0.2) is 4.79 Å². The molecule has 3 aromatic rings. The number of nitrogens with one attached hydrogen (secondary N) is 1. The lowest BCUT2D eigenvalue weighted by atomic mass is 9.92. The normalized spacial score (nSPS) is 15.7. The quantitative estimate of drug-likeness (QED) is 0.578. The second-order valence-electron chi connectivity index (χ2n) is 8.32. The molecule has 6 heteroatoms. The summed E-state index contributed by atoms with van der Waals surface area (Å²) in [6.45, 7) is 3.76. The number of aryl methyl sites for hydroxylation is 1. The maximum absolute atomic E-state index is 12.1. The highest BCUT2D eigenvalue weighted by Gasteiger charge is 2.26. The number of pyridine rings is 1. The zero-order chi connectivity index (χ0) is 22.7. The fraction of sp³-hybridized carbons (Fsp3) is 0.308. The molecule has 166 valence electrons. The maximum atomic E-state index is 12.1. The maximum Gasteiger partial charge on any atom is 0.340 e. The monoisotopic (exact) mass is 430 g/mol. The predicted octanol–water partition coefficient (Wildman–Crippen LogP) is 4.59. The summed E-state index contributed by atoms with van der Waals surface area (Å²) in [6.07, 6.45) is 4.29. The Balaban J connectivity index is 1.55. The molecule has 1 atom stereocenters. The van der Waals surface area contributed by atoms with Crippen molar-refractivity contribution in [3.63, 3.8) is 0 Å². The lowest BCUT2D eigenvalue weighted by Gasteiger charge is -2.36. The number of likely N-dealkylation sites (N-methyl/N-ethyl adjacent to an activating group) is 1. The second-order valence-corrected chi connectivity index (χ2v) is 8.32. The summed E-state index contributed by atoms with van der Waals surface area (Å²) in [5, 5.41) is 3.42. The van der Waals surface area contributed by atoms with Crippen molar-refractivity contribution in [1.82, 2.24) is 9.88 Å². The third kappa shape index (κ3) is 4.46. The molecule has 0 saturated carbocycles. The first-order chi connectivity index (χ1) is 15.5. The van der Waals surface area contributed by atoms with Crippen LogP contribution in [-0.4, -0.2) is 50.1 Å². The molecule has 0 radical (unpaired) electrons. The van der Waals surface area contributed by atoms with Crippen LogP contribution in [0.2, 0.25) is 0 Å². The van der Waals surface area contributed by atoms with Gasteiger partial charge in [0.1, 0.15) is 0 Å². The molecule has 0 unspecified atom stereocenters. The van der Waals surface area contributed by atoms with E-state index in [0.29, 0.717) is 17.8 Å². The van der Waals surface area contributed by atoms with Gasteiger partial charge in [0.25, 0.3) is 0 Å². The van der Waals surface area contributed by atoms with E-state index in [1.807, 2.05) is 0 Å². The third-order valence-electron chi connectivity index (χ3n) is 6.27. The van der Waals surface area contributed by atoms with E-state index in [-0.39, 0.29) is 12.0 Å². The van der Waals surface area contributed by atoms with E-state index in [9.17, 15) is 4.79 Å². The summed E-state index contributed by atoms with van der Waals surface area (Å²) < 4.78 is 4.90. The van der Waals surface area contributed by atoms with E-state index < -0.39 is 0 Å². The molecule has 0 amide bonds. The number of anilines is 3. The molecule has 0 bridgehead atoms. The Hall–Kier alpha value is -3.38. The Morgan fingerprint density at radius 3 is 2.69 bits per heavy atom. The number of fused-ring (bicyclic) bond motifs is 1. The van der Waals surface area contributed by atoms with Gasteiger partial charge in [-0.05, 0) is 61.9 Å². The van der Waals surface area contributed by atoms with Crippen molar-refractivity contribution in [3.8, 4) is 0 Å². The van der Waals surface area contributed by atoms with Crippen LogP contribution in [0.3, 0.4) is 0 Å². The molecule has 1 aromatic heterocycles. The number of nitrogens with zero attached hydrogens (tertiary/aromatic N) is 3. The third-order valence-corrected chi connectivity index (χ3v) is 6.27. The molecular formula is C26H30N4O2. The number of esters is 1. The van der Waals surface area contributed by atoms with E-state index in [4.69, 9.17) is 4.74 Å². The minimum atomic E-state index is -0.365. The van der Waals surface area contributed by atoms with Crippen molar-refractivity contribution in [1.29, 1.82) is 0 Å². The topological polar surface area (TPSA) is 57.7 Å². The molecule has 2 heterocycles. The van der Waals surface area contributed by atoms with Gasteiger partial charge < -0.3 is 15.0 Å². The second kappa shape index (κ2) is 9.40. The molecule has 0 aliphatic carbocycles. The number of carbonyl (C=O) groups is 1. The van der Waals surface area contributed by atoms with Crippen molar-refractivity contribution in [2.24, 2.45) is 0 Å². The number of rotatable bonds is 6. The van der Waals surface area contributed by atoms with Gasteiger partial charge in [0.15, 0.2) is 0 Å². The zero-order valence-corrected chi connectivity index (χ0v) is 19.1. The molecule has 0 saturated heterocycles. The molecule has 1 N–H and O–H groups in total. The lowest BCUT2D eigenvalue weighted by Crippen LogP contribution is -2.36. The van der Waals surface area contributed by atoms with E-state index in [2.05, 4.69) is 83.6 Å². The number of hydrogen-bond donors (Lipinski definition) is 1. The standard InChI is InChI=1S/C26H30N4O2/c1-18-5-7-20(8-6-18)30(3)21-9-10-22-19(15-21)12-14-29(2)25(22)17-28-24-16-27-13-11-23(24)26(31)32-4/h5-11,13,15-16,25,28H,12,14,17H2,1-4H3/t25-/m1/s1. The molecular weight excluding hydrogens is 400 g/mol. The van der Waals surface area contributed by atoms with Crippen molar-refractivity contribution >= 4 is 23.0 Å². The summed E-state index contributed by atoms with van der Waals surface area (Å²) in [4.78, 5) is 20.8. The SMILES string of the molecule is COC(=O)c1ccncc1NC[C@@H]1c2ccc(N(C)c3ccc(C)cc3)cc2CCN1C. The first kappa shape index (κ1) is 21.8. The van der Waals surface area contributed by atoms with Crippen molar-refractivity contribution < 1.29 is 9.53 Å². The summed E-state index contributed by atoms with van der Waals surface area (Å²) in [5.41, 5.74) is 7.49. The van der Waals surface area contributed by atoms with Gasteiger partial charge in [-0.15, -0.1) is 0 Å². The fourth-order valence-electron chi connectivity index (χ4n) is 4.25. The van der Waals surface area contributed by atoms with Crippen LogP contribution >= 0.6 is 0 Å². The van der Waals surface area contributed by atoms with Crippen LogP contribution in [0.5, 0.6) is 0 Å². The summed E-state index contributed by atoms with van der Waals surface area (Å²) in [5.74, 6) is -0.365. The highest BCUT2D eigenvalue weighted by molar-refractivity contribution is 5.95. The van der Waals surface area contributed by atoms with Gasteiger partial charge in [0.2, 0.25) is 0 Å². The summed E-state index contributed by atoms with van der Waals surface area (Å²) in [6, 6.07) is 17.2. The Labute approximate surface area is 189 Å². The molecule has 0 spiro atoms. The summed E-state index contributed by atoms with van der Waals surface area (Å²) >= 11 is 0. The van der Waals surface area contributed by atoms with Gasteiger partial charge in [-0.1, -0.05) is 23.8 Å². The molecule has 0 fully saturated rings. The number of carbonyl (C=O) groups excluding carboxylic acids is 1. The van der Waals surface area contributed by atoms with Crippen molar-refractivity contribution in [3.05, 3.63) is 83.2 Å². The van der Waals surface area contributed by atoms with Crippen molar-refractivity contribution in [2.75, 3.05) is 44.5 Å². The highest BCUT2D eigenvalue weighted by Crippen LogP contribution is 2.33. The van der Waals surface area contributed by atoms with Gasteiger partial charge in [-0.2, -0.15) is 0 Å². The first-order valence-corrected chi connectivity index (χ1v) is 10.9. The summed E-state index contributed by atoms with van der Waals surface area (Å²) in [7, 11) is 5.64. The first-order valence-electron chi connectivity index (χ1n) is 10.9. The van der Waals surface area contributed by atoms with E-state index >= 15 is 0 Å². The molecule has 1 aliphatic heterocycles. The highest BCUT2D eigenvalue weighted by atomic mass is 16.5. The van der Waals surface area contributed by atoms with Crippen molar-refractivity contribution in [2.45, 2.75) is 19.4 Å². The number of methoxy groups -OCH3 is 1. The zero-order valence-electron chi connectivity index (χ0n) is 19.1. The molecule has 32 heavy (non-hydrogen) atoms. The van der Waals surface area contributed by atoms with Gasteiger partial charge in [-0.3, -0.25) is 9.88 Å². The van der Waals surface area contributed by atoms with E-state index in [1.54, 1.807) is 18.5 Å². The molecule has 6 nitrogen and oxygen atoms in total. The smallest absolute Gasteiger partial charge is 0.340 e. The average molecular weight is 431 g/mol. The Kier molecular flexibility index (Phi) is 6.42. The lowest BCUT2D eigenvalue weighted by molar-refractivity contribution is 0.0601. The van der Waals surface area contributed by atoms with E-state index in [0.717, 1.165) is 13.0 Å². The van der Waals surface area contributed by atoms with Crippen LogP contribution in [0.4, 0.5) is 17.1 Å². The number of aromatic nitrogens is 1. The van der Waals surface area contributed by atoms with Crippen LogP contribution in [0, 0.1) is 6.92 Å². The van der Waals surface area contributed by atoms with Gasteiger partial charge in [0.05, 0.1) is 30.6 Å². The van der Waals surface area contributed by atoms with Crippen LogP contribution < -0.4 is 10.2 Å². The van der Waals surface area contributed by atoms with Gasteiger partial charge in [0, 0.05) is 37.7 Å². The number of benzene rings is 2. The fourth-order valence-corrected chi connectivity index (χ4v) is 4.25. The van der Waals surface area contributed by atoms with Crippen LogP contribution in [-0.2, 0) is 11.2 Å². The number of hydrogen-bond acceptors (Lipinski definition) is 6. The Morgan fingerprint density at radius 1 is 1.19 bits per heavy atom. The van der Waals surface area contributed by atoms with E-state index in [1.165, 1.54) is 35.2 Å². The predicted molar refractivity (Wildman–Crippen MR) is 129 cm³/mol. The van der Waals surface area contributed by atoms with Crippen LogP contribution in [0.1, 0.15) is 33.1 Å². The molecule has 1 aliphatic rings. The van der Waals surface area contributed by atoms with Gasteiger partial charge >= 0.3 is 5.97 Å². The molecule has 4 rings (SSSR count).